The van der Waals surface area contributed by atoms with E-state index in [4.69, 9.17) is 21.7 Å². The molecule has 7 heteroatoms. The van der Waals surface area contributed by atoms with Gasteiger partial charge in [0.05, 0.1) is 24.0 Å². The molecule has 2 atom stereocenters. The molecule has 0 spiro atoms. The van der Waals surface area contributed by atoms with Crippen molar-refractivity contribution in [1.29, 1.82) is 5.41 Å². The smallest absolute Gasteiger partial charge is 0.165 e. The molecule has 0 aliphatic heterocycles. The van der Waals surface area contributed by atoms with Crippen LogP contribution in [0.15, 0.2) is 29.0 Å². The van der Waals surface area contributed by atoms with Gasteiger partial charge < -0.3 is 15.3 Å². The van der Waals surface area contributed by atoms with E-state index in [1.807, 2.05) is 20.0 Å². The predicted octanol–water partition coefficient (Wildman–Crippen LogP) is 3.16. The lowest BCUT2D eigenvalue weighted by Gasteiger charge is -2.27. The number of aromatic nitrogens is 2. The maximum absolute atomic E-state index is 12.6. The molecule has 0 aromatic carbocycles. The molecule has 1 aromatic rings. The van der Waals surface area contributed by atoms with Gasteiger partial charge in [-0.15, -0.1) is 0 Å². The Balaban J connectivity index is 2.23. The maximum atomic E-state index is 12.6. The lowest BCUT2D eigenvalue weighted by atomic mass is 9.82. The molecule has 0 saturated carbocycles. The zero-order valence-electron chi connectivity index (χ0n) is 13.8. The molecule has 1 heterocycles. The van der Waals surface area contributed by atoms with Gasteiger partial charge >= 0.3 is 0 Å². The van der Waals surface area contributed by atoms with Crippen molar-refractivity contribution in [2.24, 2.45) is 7.05 Å². The Bertz CT molecular complexity index is 679. The second kappa shape index (κ2) is 8.26. The number of ether oxygens (including phenoxy) is 1. The lowest BCUT2D eigenvalue weighted by molar-refractivity contribution is -0.118. The highest BCUT2D eigenvalue weighted by atomic mass is 35.5. The fourth-order valence-electron chi connectivity index (χ4n) is 3.08. The number of aliphatic hydroxyl groups excluding tert-OH is 1. The van der Waals surface area contributed by atoms with Crippen LogP contribution in [0.3, 0.4) is 0 Å². The van der Waals surface area contributed by atoms with Gasteiger partial charge in [0.2, 0.25) is 0 Å². The Morgan fingerprint density at radius 2 is 2.33 bits per heavy atom. The molecule has 2 N–H and O–H groups in total. The first-order valence-electron chi connectivity index (χ1n) is 7.79. The van der Waals surface area contributed by atoms with Crippen LogP contribution < -0.4 is 0 Å². The van der Waals surface area contributed by atoms with Crippen molar-refractivity contribution >= 4 is 23.6 Å². The highest BCUT2D eigenvalue weighted by molar-refractivity contribution is 6.25. The second-order valence-electron chi connectivity index (χ2n) is 5.85. The molecule has 0 bridgehead atoms. The quantitative estimate of drug-likeness (QED) is 0.738. The zero-order chi connectivity index (χ0) is 17.7. The third-order valence-electron chi connectivity index (χ3n) is 4.08. The SMILES string of the molecule is Cc1cc(C2CC(=O)C(C(CC=N)OCC=CCl)=C(O)C2)n(C)n1. The van der Waals surface area contributed by atoms with Crippen molar-refractivity contribution in [3.8, 4) is 0 Å². The summed E-state index contributed by atoms with van der Waals surface area (Å²) in [6.45, 7) is 2.12. The summed E-state index contributed by atoms with van der Waals surface area (Å²) in [5.74, 6) is -0.211. The van der Waals surface area contributed by atoms with Crippen LogP contribution in [-0.4, -0.2) is 39.6 Å². The number of aryl methyl sites for hydroxylation is 2. The van der Waals surface area contributed by atoms with E-state index in [-0.39, 0.29) is 36.1 Å². The molecular formula is C17H22ClN3O3. The minimum absolute atomic E-state index is 0.0387. The number of aliphatic hydroxyl groups is 1. The summed E-state index contributed by atoms with van der Waals surface area (Å²) in [5, 5.41) is 22.0. The van der Waals surface area contributed by atoms with Gasteiger partial charge in [-0.25, -0.2) is 0 Å². The molecule has 0 saturated heterocycles. The van der Waals surface area contributed by atoms with Gasteiger partial charge in [-0.2, -0.15) is 5.10 Å². The number of nitrogens with zero attached hydrogens (tertiary/aromatic N) is 2. The van der Waals surface area contributed by atoms with Crippen LogP contribution in [0.1, 0.15) is 36.6 Å². The average Bonchev–Trinajstić information content (AvgIpc) is 2.85. The van der Waals surface area contributed by atoms with E-state index in [0.717, 1.165) is 11.4 Å². The topological polar surface area (TPSA) is 88.2 Å². The van der Waals surface area contributed by atoms with E-state index in [0.29, 0.717) is 12.8 Å². The normalized spacial score (nSPS) is 20.0. The fraction of sp³-hybridized carbons (Fsp3) is 0.471. The first-order chi connectivity index (χ1) is 11.5. The third kappa shape index (κ3) is 4.13. The average molecular weight is 352 g/mol. The maximum Gasteiger partial charge on any atom is 0.165 e. The number of nitrogens with one attached hydrogen (secondary N) is 1. The first kappa shape index (κ1) is 18.4. The Morgan fingerprint density at radius 1 is 1.58 bits per heavy atom. The zero-order valence-corrected chi connectivity index (χ0v) is 14.6. The molecule has 1 aliphatic rings. The number of Topliss-reactive ketones (excluding diaryl/α,β-unsaturated/α-hetero) is 1. The lowest BCUT2D eigenvalue weighted by Crippen LogP contribution is -2.29. The fourth-order valence-corrected chi connectivity index (χ4v) is 3.15. The Hall–Kier alpha value is -1.92. The number of hydrogen-bond acceptors (Lipinski definition) is 5. The molecule has 1 aliphatic carbocycles. The van der Waals surface area contributed by atoms with Crippen LogP contribution >= 0.6 is 11.6 Å². The van der Waals surface area contributed by atoms with Gasteiger partial charge in [-0.3, -0.25) is 9.48 Å². The predicted molar refractivity (Wildman–Crippen MR) is 92.7 cm³/mol. The number of rotatable bonds is 7. The van der Waals surface area contributed by atoms with E-state index >= 15 is 0 Å². The van der Waals surface area contributed by atoms with Gasteiger partial charge in [-0.1, -0.05) is 11.6 Å². The molecule has 0 radical (unpaired) electrons. The van der Waals surface area contributed by atoms with Crippen molar-refractivity contribution in [2.75, 3.05) is 6.61 Å². The Labute approximate surface area is 146 Å². The van der Waals surface area contributed by atoms with Gasteiger partial charge in [0.15, 0.2) is 5.78 Å². The monoisotopic (exact) mass is 351 g/mol. The molecule has 24 heavy (non-hydrogen) atoms. The number of ketones is 1. The van der Waals surface area contributed by atoms with Crippen LogP contribution in [0.5, 0.6) is 0 Å². The van der Waals surface area contributed by atoms with Crippen molar-refractivity contribution in [3.63, 3.8) is 0 Å². The molecule has 0 fully saturated rings. The highest BCUT2D eigenvalue weighted by Crippen LogP contribution is 2.35. The number of hydrogen-bond donors (Lipinski definition) is 2. The van der Waals surface area contributed by atoms with Crippen molar-refractivity contribution in [3.05, 3.63) is 40.4 Å². The molecule has 2 rings (SSSR count). The minimum atomic E-state index is -0.628. The second-order valence-corrected chi connectivity index (χ2v) is 6.10. The number of carbonyl (C=O) groups excluding carboxylic acids is 1. The van der Waals surface area contributed by atoms with E-state index in [1.165, 1.54) is 11.7 Å². The van der Waals surface area contributed by atoms with E-state index in [2.05, 4.69) is 5.10 Å². The summed E-state index contributed by atoms with van der Waals surface area (Å²) in [6, 6.07) is 1.94. The summed E-state index contributed by atoms with van der Waals surface area (Å²) < 4.78 is 7.35. The van der Waals surface area contributed by atoms with Gasteiger partial charge in [-0.05, 0) is 25.3 Å². The number of halogens is 1. The summed E-state index contributed by atoms with van der Waals surface area (Å²) in [5.41, 5.74) is 3.42. The highest BCUT2D eigenvalue weighted by Gasteiger charge is 2.34. The van der Waals surface area contributed by atoms with E-state index in [9.17, 15) is 9.90 Å². The Morgan fingerprint density at radius 3 is 2.88 bits per heavy atom. The van der Waals surface area contributed by atoms with E-state index < -0.39 is 6.10 Å². The van der Waals surface area contributed by atoms with Crippen LogP contribution in [0.25, 0.3) is 0 Å². The summed E-state index contributed by atoms with van der Waals surface area (Å²) in [7, 11) is 1.84. The van der Waals surface area contributed by atoms with Crippen molar-refractivity contribution in [1.82, 2.24) is 9.78 Å². The van der Waals surface area contributed by atoms with Crippen LogP contribution in [0.4, 0.5) is 0 Å². The molecule has 0 amide bonds. The van der Waals surface area contributed by atoms with Gasteiger partial charge in [0.1, 0.15) is 5.76 Å². The van der Waals surface area contributed by atoms with E-state index in [1.54, 1.807) is 10.8 Å². The van der Waals surface area contributed by atoms with Crippen LogP contribution in [-0.2, 0) is 16.6 Å². The largest absolute Gasteiger partial charge is 0.512 e. The molecular weight excluding hydrogens is 330 g/mol. The molecule has 6 nitrogen and oxygen atoms in total. The van der Waals surface area contributed by atoms with Crippen LogP contribution in [0, 0.1) is 12.3 Å². The summed E-state index contributed by atoms with van der Waals surface area (Å²) in [4.78, 5) is 12.6. The minimum Gasteiger partial charge on any atom is -0.512 e. The van der Waals surface area contributed by atoms with Gasteiger partial charge in [0, 0.05) is 43.5 Å². The van der Waals surface area contributed by atoms with Gasteiger partial charge in [0.25, 0.3) is 0 Å². The summed E-state index contributed by atoms with van der Waals surface area (Å²) >= 11 is 5.47. The number of allylic oxidation sites excluding steroid dienone is 1. The first-order valence-corrected chi connectivity index (χ1v) is 8.23. The molecule has 2 unspecified atom stereocenters. The molecule has 130 valence electrons. The number of carbonyl (C=O) groups is 1. The Kier molecular flexibility index (Phi) is 6.34. The standard InChI is InChI=1S/C17H22ClN3O3/c1-11-8-13(21(2)20-11)12-9-14(22)17(15(23)10-12)16(4-6-19)24-7-3-5-18/h3,5-6,8,12,16,19,22H,4,7,9-10H2,1-2H3. The van der Waals surface area contributed by atoms with Crippen LogP contribution in [0.2, 0.25) is 0 Å². The third-order valence-corrected chi connectivity index (χ3v) is 4.25. The van der Waals surface area contributed by atoms with Crippen molar-refractivity contribution in [2.45, 2.75) is 38.2 Å². The molecule has 1 aromatic heterocycles. The summed E-state index contributed by atoms with van der Waals surface area (Å²) in [6.07, 6.45) is 3.04. The van der Waals surface area contributed by atoms with Crippen molar-refractivity contribution < 1.29 is 14.6 Å².